The highest BCUT2D eigenvalue weighted by Crippen LogP contribution is 2.29. The minimum absolute atomic E-state index is 0.0324. The van der Waals surface area contributed by atoms with Gasteiger partial charge in [0.15, 0.2) is 5.75 Å². The lowest BCUT2D eigenvalue weighted by Gasteiger charge is -2.20. The number of halogens is 1. The average Bonchev–Trinajstić information content (AvgIpc) is 3.04. The van der Waals surface area contributed by atoms with Gasteiger partial charge in [-0.15, -0.1) is 23.1 Å². The molecule has 9 heteroatoms. The Morgan fingerprint density at radius 2 is 2.15 bits per heavy atom. The molecule has 0 saturated carbocycles. The summed E-state index contributed by atoms with van der Waals surface area (Å²) >= 11 is 8.83. The van der Waals surface area contributed by atoms with Crippen LogP contribution in [-0.2, 0) is 17.1 Å². The second-order valence-corrected chi connectivity index (χ2v) is 8.16. The molecule has 0 unspecified atom stereocenters. The number of nitrogens with zero attached hydrogens (tertiary/aromatic N) is 2. The van der Waals surface area contributed by atoms with Gasteiger partial charge in [-0.2, -0.15) is 0 Å². The van der Waals surface area contributed by atoms with Crippen LogP contribution in [0.15, 0.2) is 30.3 Å². The third-order valence-electron chi connectivity index (χ3n) is 3.64. The highest BCUT2D eigenvalue weighted by atomic mass is 35.5. The van der Waals surface area contributed by atoms with Crippen molar-refractivity contribution < 1.29 is 14.5 Å². The van der Waals surface area contributed by atoms with Crippen LogP contribution in [0.2, 0.25) is 4.34 Å². The molecule has 1 aromatic carbocycles. The number of benzene rings is 1. The van der Waals surface area contributed by atoms with Crippen LogP contribution in [0.4, 0.5) is 5.69 Å². The molecule has 0 spiro atoms. The standard InChI is InChI=1S/C17H19ClN2O4S2/c1-3-19(9-13-5-7-16(18)26-13)17(21)11-25-10-12-4-6-15(24-2)14(8-12)20(22)23/h4-8H,3,9-11H2,1-2H3. The summed E-state index contributed by atoms with van der Waals surface area (Å²) in [5, 5.41) is 11.1. The summed E-state index contributed by atoms with van der Waals surface area (Å²) in [5.41, 5.74) is 0.713. The molecule has 0 radical (unpaired) electrons. The van der Waals surface area contributed by atoms with Gasteiger partial charge in [-0.25, -0.2) is 0 Å². The molecule has 2 aromatic rings. The molecule has 0 N–H and O–H groups in total. The number of carbonyl (C=O) groups excluding carboxylic acids is 1. The average molecular weight is 415 g/mol. The number of ether oxygens (including phenoxy) is 1. The molecule has 0 aliphatic carbocycles. The topological polar surface area (TPSA) is 72.7 Å². The normalized spacial score (nSPS) is 10.6. The SMILES string of the molecule is CCN(Cc1ccc(Cl)s1)C(=O)CSCc1ccc(OC)c([N+](=O)[O-])c1. The van der Waals surface area contributed by atoms with Crippen molar-refractivity contribution in [1.82, 2.24) is 4.90 Å². The molecule has 1 amide bonds. The van der Waals surface area contributed by atoms with E-state index in [1.807, 2.05) is 19.1 Å². The zero-order valence-corrected chi connectivity index (χ0v) is 16.8. The predicted molar refractivity (Wildman–Crippen MR) is 106 cm³/mol. The summed E-state index contributed by atoms with van der Waals surface area (Å²) in [6.07, 6.45) is 0. The first-order chi connectivity index (χ1) is 12.4. The molecule has 0 atom stereocenters. The Hall–Kier alpha value is -1.77. The fraction of sp³-hybridized carbons (Fsp3) is 0.353. The molecule has 1 aromatic heterocycles. The molecular weight excluding hydrogens is 396 g/mol. The van der Waals surface area contributed by atoms with Crippen LogP contribution in [-0.4, -0.2) is 35.1 Å². The van der Waals surface area contributed by atoms with Crippen molar-refractivity contribution >= 4 is 46.3 Å². The summed E-state index contributed by atoms with van der Waals surface area (Å²) in [6, 6.07) is 8.59. The van der Waals surface area contributed by atoms with E-state index in [2.05, 4.69) is 0 Å². The van der Waals surface area contributed by atoms with Gasteiger partial charge in [0.05, 0.1) is 28.7 Å². The van der Waals surface area contributed by atoms with Gasteiger partial charge in [0, 0.05) is 23.2 Å². The fourth-order valence-electron chi connectivity index (χ4n) is 2.32. The first-order valence-corrected chi connectivity index (χ1v) is 10.2. The second kappa shape index (κ2) is 9.80. The fourth-order valence-corrected chi connectivity index (χ4v) is 4.29. The van der Waals surface area contributed by atoms with E-state index in [9.17, 15) is 14.9 Å². The van der Waals surface area contributed by atoms with Crippen LogP contribution in [0.25, 0.3) is 0 Å². The van der Waals surface area contributed by atoms with Gasteiger partial charge in [0.2, 0.25) is 5.91 Å². The lowest BCUT2D eigenvalue weighted by Crippen LogP contribution is -2.31. The highest BCUT2D eigenvalue weighted by molar-refractivity contribution is 7.99. The smallest absolute Gasteiger partial charge is 0.311 e. The van der Waals surface area contributed by atoms with E-state index >= 15 is 0 Å². The minimum Gasteiger partial charge on any atom is -0.490 e. The van der Waals surface area contributed by atoms with Gasteiger partial charge in [-0.1, -0.05) is 17.7 Å². The second-order valence-electron chi connectivity index (χ2n) is 5.37. The Labute approximate surface area is 165 Å². The molecule has 2 rings (SSSR count). The van der Waals surface area contributed by atoms with E-state index in [4.69, 9.17) is 16.3 Å². The summed E-state index contributed by atoms with van der Waals surface area (Å²) in [7, 11) is 1.40. The Bertz CT molecular complexity index is 782. The van der Waals surface area contributed by atoms with E-state index < -0.39 is 4.92 Å². The molecule has 6 nitrogen and oxygen atoms in total. The number of rotatable bonds is 9. The van der Waals surface area contributed by atoms with Crippen LogP contribution in [0.5, 0.6) is 5.75 Å². The first kappa shape index (κ1) is 20.5. The number of carbonyl (C=O) groups is 1. The van der Waals surface area contributed by atoms with Crippen LogP contribution < -0.4 is 4.74 Å². The van der Waals surface area contributed by atoms with Crippen LogP contribution in [0.3, 0.4) is 0 Å². The minimum atomic E-state index is -0.469. The van der Waals surface area contributed by atoms with E-state index in [1.165, 1.54) is 36.3 Å². The molecule has 0 saturated heterocycles. The summed E-state index contributed by atoms with van der Waals surface area (Å²) in [4.78, 5) is 25.8. The maximum absolute atomic E-state index is 12.4. The molecule has 1 heterocycles. The van der Waals surface area contributed by atoms with Crippen molar-refractivity contribution in [2.24, 2.45) is 0 Å². The first-order valence-electron chi connectivity index (χ1n) is 7.85. The van der Waals surface area contributed by atoms with Crippen molar-refractivity contribution in [3.8, 4) is 5.75 Å². The molecule has 0 aliphatic rings. The zero-order chi connectivity index (χ0) is 19.1. The number of amides is 1. The van der Waals surface area contributed by atoms with Gasteiger partial charge < -0.3 is 9.64 Å². The number of hydrogen-bond acceptors (Lipinski definition) is 6. The van der Waals surface area contributed by atoms with Crippen molar-refractivity contribution in [3.63, 3.8) is 0 Å². The quantitative estimate of drug-likeness (QED) is 0.443. The van der Waals surface area contributed by atoms with E-state index in [0.717, 1.165) is 10.4 Å². The lowest BCUT2D eigenvalue weighted by atomic mass is 10.2. The molecule has 0 fully saturated rings. The summed E-state index contributed by atoms with van der Waals surface area (Å²) < 4.78 is 5.70. The molecule has 0 aliphatic heterocycles. The summed E-state index contributed by atoms with van der Waals surface area (Å²) in [6.45, 7) is 3.09. The predicted octanol–water partition coefficient (Wildman–Crippen LogP) is 4.60. The molecule has 0 bridgehead atoms. The Balaban J connectivity index is 1.90. The number of thiophene rings is 1. The number of nitro groups is 1. The van der Waals surface area contributed by atoms with E-state index in [1.54, 1.807) is 17.0 Å². The maximum Gasteiger partial charge on any atom is 0.311 e. The third-order valence-corrected chi connectivity index (χ3v) is 5.85. The van der Waals surface area contributed by atoms with Crippen molar-refractivity contribution in [2.45, 2.75) is 19.2 Å². The van der Waals surface area contributed by atoms with E-state index in [0.29, 0.717) is 28.9 Å². The number of thioether (sulfide) groups is 1. The van der Waals surface area contributed by atoms with Gasteiger partial charge in [0.1, 0.15) is 0 Å². The highest BCUT2D eigenvalue weighted by Gasteiger charge is 2.16. The largest absolute Gasteiger partial charge is 0.490 e. The lowest BCUT2D eigenvalue weighted by molar-refractivity contribution is -0.385. The number of nitro benzene ring substituents is 1. The Morgan fingerprint density at radius 3 is 2.73 bits per heavy atom. The maximum atomic E-state index is 12.4. The van der Waals surface area contributed by atoms with Crippen LogP contribution in [0.1, 0.15) is 17.4 Å². The summed E-state index contributed by atoms with van der Waals surface area (Å²) in [5.74, 6) is 1.09. The van der Waals surface area contributed by atoms with Crippen molar-refractivity contribution in [3.05, 3.63) is 55.2 Å². The molecule has 26 heavy (non-hydrogen) atoms. The third kappa shape index (κ3) is 5.62. The Morgan fingerprint density at radius 1 is 1.38 bits per heavy atom. The van der Waals surface area contributed by atoms with Crippen LogP contribution >= 0.6 is 34.7 Å². The monoisotopic (exact) mass is 414 g/mol. The number of hydrogen-bond donors (Lipinski definition) is 0. The van der Waals surface area contributed by atoms with Crippen molar-refractivity contribution in [1.29, 1.82) is 0 Å². The molecular formula is C17H19ClN2O4S2. The van der Waals surface area contributed by atoms with Gasteiger partial charge in [0.25, 0.3) is 0 Å². The van der Waals surface area contributed by atoms with Gasteiger partial charge >= 0.3 is 5.69 Å². The number of methoxy groups -OCH3 is 1. The zero-order valence-electron chi connectivity index (χ0n) is 14.4. The van der Waals surface area contributed by atoms with Crippen LogP contribution in [0, 0.1) is 10.1 Å². The van der Waals surface area contributed by atoms with Gasteiger partial charge in [-0.05, 0) is 30.7 Å². The van der Waals surface area contributed by atoms with Gasteiger partial charge in [-0.3, -0.25) is 14.9 Å². The molecule has 140 valence electrons. The van der Waals surface area contributed by atoms with Crippen molar-refractivity contribution in [2.75, 3.05) is 19.4 Å². The van der Waals surface area contributed by atoms with E-state index in [-0.39, 0.29) is 17.3 Å². The Kier molecular flexibility index (Phi) is 7.74.